The second-order valence-electron chi connectivity index (χ2n) is 7.37. The molecule has 1 aliphatic rings. The van der Waals surface area contributed by atoms with Crippen molar-refractivity contribution in [3.63, 3.8) is 0 Å². The smallest absolute Gasteiger partial charge is 0.255 e. The van der Waals surface area contributed by atoms with E-state index in [1.165, 1.54) is 12.1 Å². The van der Waals surface area contributed by atoms with E-state index in [2.05, 4.69) is 20.5 Å². The number of phenolic OH excluding ortho intramolecular Hbond substituents is 1. The summed E-state index contributed by atoms with van der Waals surface area (Å²) in [4.78, 5) is 19.7. The molecule has 0 aliphatic carbocycles. The van der Waals surface area contributed by atoms with Crippen LogP contribution in [-0.4, -0.2) is 56.3 Å². The number of amides is 1. The van der Waals surface area contributed by atoms with Gasteiger partial charge in [0.2, 0.25) is 0 Å². The van der Waals surface area contributed by atoms with Gasteiger partial charge in [0.15, 0.2) is 5.65 Å². The van der Waals surface area contributed by atoms with E-state index in [4.69, 9.17) is 0 Å². The Kier molecular flexibility index (Phi) is 4.50. The van der Waals surface area contributed by atoms with Crippen LogP contribution in [0.15, 0.2) is 24.3 Å². The molecule has 2 atom stereocenters. The predicted molar refractivity (Wildman–Crippen MR) is 104 cm³/mol. The number of phenols is 1. The number of aryl methyl sites for hydroxylation is 1. The lowest BCUT2D eigenvalue weighted by Crippen LogP contribution is -2.56. The van der Waals surface area contributed by atoms with E-state index in [9.17, 15) is 14.3 Å². The quantitative estimate of drug-likeness (QED) is 0.632. The van der Waals surface area contributed by atoms with Crippen LogP contribution in [0.4, 0.5) is 4.39 Å². The number of pyridine rings is 1. The maximum atomic E-state index is 14.4. The summed E-state index contributed by atoms with van der Waals surface area (Å²) in [6, 6.07) is 5.71. The van der Waals surface area contributed by atoms with Gasteiger partial charge in [-0.3, -0.25) is 9.89 Å². The summed E-state index contributed by atoms with van der Waals surface area (Å²) in [5.74, 6) is -0.900. The number of hydrogen-bond acceptors (Lipinski definition) is 5. The zero-order valence-electron chi connectivity index (χ0n) is 16.0. The normalized spacial score (nSPS) is 19.9. The minimum absolute atomic E-state index is 0.0352. The molecule has 3 aromatic rings. The average Bonchev–Trinajstić information content (AvgIpc) is 3.03. The number of rotatable bonds is 2. The Hall–Kier alpha value is -3.00. The highest BCUT2D eigenvalue weighted by atomic mass is 19.1. The molecule has 28 heavy (non-hydrogen) atoms. The molecule has 0 saturated carbocycles. The van der Waals surface area contributed by atoms with Crippen LogP contribution in [-0.2, 0) is 0 Å². The molecular weight excluding hydrogens is 361 g/mol. The standard InChI is InChI=1S/C20H22FN5O2/c1-10-9-26(11(2)8-22-10)20(28)15-7-17(14-5-4-13(27)6-16(14)21)23-19-18(15)12(3)24-25-19/h4-7,10-11,22,27H,8-9H2,1-3H3,(H,23,24,25)/t10-,11+/m1/s1. The highest BCUT2D eigenvalue weighted by Gasteiger charge is 2.30. The van der Waals surface area contributed by atoms with Gasteiger partial charge in [-0.1, -0.05) is 0 Å². The fourth-order valence-corrected chi connectivity index (χ4v) is 3.66. The number of aromatic hydroxyl groups is 1. The lowest BCUT2D eigenvalue weighted by atomic mass is 10.0. The number of aromatic nitrogens is 3. The van der Waals surface area contributed by atoms with Gasteiger partial charge in [0, 0.05) is 36.8 Å². The monoisotopic (exact) mass is 383 g/mol. The predicted octanol–water partition coefficient (Wildman–Crippen LogP) is 2.60. The van der Waals surface area contributed by atoms with E-state index in [1.54, 1.807) is 6.07 Å². The van der Waals surface area contributed by atoms with Gasteiger partial charge in [0.1, 0.15) is 11.6 Å². The first kappa shape index (κ1) is 18.4. The van der Waals surface area contributed by atoms with Crippen molar-refractivity contribution in [2.45, 2.75) is 32.9 Å². The van der Waals surface area contributed by atoms with Crippen LogP contribution in [0.25, 0.3) is 22.3 Å². The van der Waals surface area contributed by atoms with E-state index >= 15 is 0 Å². The van der Waals surface area contributed by atoms with E-state index in [0.717, 1.165) is 6.07 Å². The van der Waals surface area contributed by atoms with Crippen molar-refractivity contribution in [2.75, 3.05) is 13.1 Å². The highest BCUT2D eigenvalue weighted by Crippen LogP contribution is 2.30. The maximum Gasteiger partial charge on any atom is 0.255 e. The van der Waals surface area contributed by atoms with Crippen molar-refractivity contribution < 1.29 is 14.3 Å². The molecule has 0 radical (unpaired) electrons. The van der Waals surface area contributed by atoms with Crippen LogP contribution in [0, 0.1) is 12.7 Å². The Labute approximate surface area is 161 Å². The zero-order valence-corrected chi connectivity index (χ0v) is 16.0. The van der Waals surface area contributed by atoms with Crippen molar-refractivity contribution in [3.8, 4) is 17.0 Å². The third-order valence-electron chi connectivity index (χ3n) is 5.19. The summed E-state index contributed by atoms with van der Waals surface area (Å²) >= 11 is 0. The molecule has 3 N–H and O–H groups in total. The number of H-pyrrole nitrogens is 1. The van der Waals surface area contributed by atoms with Crippen molar-refractivity contribution >= 4 is 16.9 Å². The van der Waals surface area contributed by atoms with Crippen LogP contribution < -0.4 is 5.32 Å². The van der Waals surface area contributed by atoms with Gasteiger partial charge in [-0.25, -0.2) is 9.37 Å². The molecule has 0 spiro atoms. The van der Waals surface area contributed by atoms with Gasteiger partial charge in [0.25, 0.3) is 5.91 Å². The van der Waals surface area contributed by atoms with Gasteiger partial charge < -0.3 is 15.3 Å². The number of aromatic amines is 1. The van der Waals surface area contributed by atoms with Crippen molar-refractivity contribution in [2.24, 2.45) is 0 Å². The third-order valence-corrected chi connectivity index (χ3v) is 5.19. The summed E-state index contributed by atoms with van der Waals surface area (Å²) in [5.41, 5.74) is 2.07. The topological polar surface area (TPSA) is 94.1 Å². The Morgan fingerprint density at radius 3 is 2.86 bits per heavy atom. The second kappa shape index (κ2) is 6.87. The number of halogens is 1. The van der Waals surface area contributed by atoms with Gasteiger partial charge in [-0.2, -0.15) is 5.10 Å². The van der Waals surface area contributed by atoms with Gasteiger partial charge in [-0.15, -0.1) is 0 Å². The summed E-state index contributed by atoms with van der Waals surface area (Å²) in [7, 11) is 0. The molecule has 7 nitrogen and oxygen atoms in total. The molecule has 8 heteroatoms. The van der Waals surface area contributed by atoms with Crippen LogP contribution >= 0.6 is 0 Å². The molecule has 1 fully saturated rings. The molecule has 2 aromatic heterocycles. The number of piperazine rings is 1. The molecule has 4 rings (SSSR count). The van der Waals surface area contributed by atoms with Gasteiger partial charge >= 0.3 is 0 Å². The Morgan fingerprint density at radius 2 is 2.11 bits per heavy atom. The summed E-state index contributed by atoms with van der Waals surface area (Å²) in [6.45, 7) is 7.14. The molecule has 0 unspecified atom stereocenters. The second-order valence-corrected chi connectivity index (χ2v) is 7.37. The summed E-state index contributed by atoms with van der Waals surface area (Å²) in [6.07, 6.45) is 0. The van der Waals surface area contributed by atoms with Gasteiger partial charge in [0.05, 0.1) is 22.3 Å². The van der Waals surface area contributed by atoms with Crippen LogP contribution in [0.3, 0.4) is 0 Å². The molecule has 1 aliphatic heterocycles. The molecule has 3 heterocycles. The summed E-state index contributed by atoms with van der Waals surface area (Å²) < 4.78 is 14.4. The lowest BCUT2D eigenvalue weighted by Gasteiger charge is -2.37. The number of hydrogen-bond donors (Lipinski definition) is 3. The fourth-order valence-electron chi connectivity index (χ4n) is 3.66. The van der Waals surface area contributed by atoms with E-state index < -0.39 is 5.82 Å². The SMILES string of the molecule is Cc1n[nH]c2nc(-c3ccc(O)cc3F)cc(C(=O)N3C[C@@H](C)NC[C@@H]3C)c12. The Morgan fingerprint density at radius 1 is 1.32 bits per heavy atom. The van der Waals surface area contributed by atoms with E-state index in [0.29, 0.717) is 41.1 Å². The molecular formula is C20H22FN5O2. The average molecular weight is 383 g/mol. The molecule has 1 amide bonds. The van der Waals surface area contributed by atoms with Crippen molar-refractivity contribution in [3.05, 3.63) is 41.3 Å². The maximum absolute atomic E-state index is 14.4. The van der Waals surface area contributed by atoms with Crippen molar-refractivity contribution in [1.29, 1.82) is 0 Å². The van der Waals surface area contributed by atoms with Crippen LogP contribution in [0.1, 0.15) is 29.9 Å². The van der Waals surface area contributed by atoms with Crippen LogP contribution in [0.5, 0.6) is 5.75 Å². The van der Waals surface area contributed by atoms with Crippen molar-refractivity contribution in [1.82, 2.24) is 25.4 Å². The first-order valence-electron chi connectivity index (χ1n) is 9.24. The Balaban J connectivity index is 1.87. The number of benzene rings is 1. The minimum atomic E-state index is -0.606. The first-order chi connectivity index (χ1) is 13.3. The number of nitrogens with zero attached hydrogens (tertiary/aromatic N) is 3. The van der Waals surface area contributed by atoms with E-state index in [1.807, 2.05) is 25.7 Å². The number of carbonyl (C=O) groups is 1. The molecule has 146 valence electrons. The highest BCUT2D eigenvalue weighted by molar-refractivity contribution is 6.07. The van der Waals surface area contributed by atoms with E-state index in [-0.39, 0.29) is 29.3 Å². The first-order valence-corrected chi connectivity index (χ1v) is 9.24. The molecule has 1 saturated heterocycles. The largest absolute Gasteiger partial charge is 0.508 e. The zero-order chi connectivity index (χ0) is 20.0. The lowest BCUT2D eigenvalue weighted by molar-refractivity contribution is 0.0618. The van der Waals surface area contributed by atoms with Gasteiger partial charge in [-0.05, 0) is 39.0 Å². The fraction of sp³-hybridized carbons (Fsp3) is 0.350. The number of carbonyl (C=O) groups excluding carboxylic acids is 1. The minimum Gasteiger partial charge on any atom is -0.508 e. The number of nitrogens with one attached hydrogen (secondary N) is 2. The number of fused-ring (bicyclic) bond motifs is 1. The Bertz CT molecular complexity index is 1060. The third kappa shape index (κ3) is 3.09. The summed E-state index contributed by atoms with van der Waals surface area (Å²) in [5, 5.41) is 20.5. The molecule has 0 bridgehead atoms. The molecule has 1 aromatic carbocycles. The van der Waals surface area contributed by atoms with Crippen LogP contribution in [0.2, 0.25) is 0 Å².